The molecule has 0 saturated carbocycles. The number of carbonyl (C=O) groups is 2. The maximum absolute atomic E-state index is 11.6. The SMILES string of the molecule is CC(O)(I)c1ccc(CCOc2ccc(CC3NC(=O)SC3=O)cc2)nc1. The van der Waals surface area contributed by atoms with Gasteiger partial charge in [-0.05, 0) is 53.3 Å². The van der Waals surface area contributed by atoms with Crippen molar-refractivity contribution in [1.82, 2.24) is 10.3 Å². The zero-order chi connectivity index (χ0) is 19.4. The fraction of sp³-hybridized carbons (Fsp3) is 0.316. The molecular formula is C19H19IN2O4S. The second-order valence-electron chi connectivity index (χ2n) is 6.34. The minimum Gasteiger partial charge on any atom is -0.493 e. The molecule has 8 heteroatoms. The summed E-state index contributed by atoms with van der Waals surface area (Å²) in [4.78, 5) is 27.2. The van der Waals surface area contributed by atoms with Crippen molar-refractivity contribution >= 4 is 44.7 Å². The Morgan fingerprint density at radius 2 is 2.00 bits per heavy atom. The van der Waals surface area contributed by atoms with Crippen LogP contribution in [0.25, 0.3) is 0 Å². The third-order valence-electron chi connectivity index (χ3n) is 4.11. The minimum atomic E-state index is -0.924. The van der Waals surface area contributed by atoms with Gasteiger partial charge in [0.05, 0.1) is 6.61 Å². The molecule has 1 amide bonds. The molecular weight excluding hydrogens is 479 g/mol. The van der Waals surface area contributed by atoms with E-state index in [9.17, 15) is 14.7 Å². The number of amides is 1. The second kappa shape index (κ2) is 8.57. The Kier molecular flexibility index (Phi) is 6.38. The van der Waals surface area contributed by atoms with E-state index in [0.29, 0.717) is 19.4 Å². The van der Waals surface area contributed by atoms with Crippen LogP contribution >= 0.6 is 34.4 Å². The van der Waals surface area contributed by atoms with Gasteiger partial charge in [-0.15, -0.1) is 0 Å². The predicted molar refractivity (Wildman–Crippen MR) is 112 cm³/mol. The Labute approximate surface area is 175 Å². The van der Waals surface area contributed by atoms with Gasteiger partial charge in [0.2, 0.25) is 5.12 Å². The van der Waals surface area contributed by atoms with E-state index < -0.39 is 9.65 Å². The molecule has 1 fully saturated rings. The maximum Gasteiger partial charge on any atom is 0.287 e. The van der Waals surface area contributed by atoms with Crippen molar-refractivity contribution in [2.45, 2.75) is 29.4 Å². The fourth-order valence-electron chi connectivity index (χ4n) is 2.60. The van der Waals surface area contributed by atoms with Gasteiger partial charge in [0, 0.05) is 42.1 Å². The Balaban J connectivity index is 1.47. The summed E-state index contributed by atoms with van der Waals surface area (Å²) in [5.74, 6) is 0.738. The van der Waals surface area contributed by atoms with Crippen LogP contribution in [0.3, 0.4) is 0 Å². The van der Waals surface area contributed by atoms with Crippen LogP contribution in [-0.2, 0) is 21.2 Å². The van der Waals surface area contributed by atoms with E-state index in [4.69, 9.17) is 4.74 Å². The van der Waals surface area contributed by atoms with Crippen LogP contribution in [0.2, 0.25) is 0 Å². The zero-order valence-corrected chi connectivity index (χ0v) is 17.6. The van der Waals surface area contributed by atoms with Crippen LogP contribution in [0.5, 0.6) is 5.75 Å². The van der Waals surface area contributed by atoms with Crippen LogP contribution in [0.1, 0.15) is 23.7 Å². The summed E-state index contributed by atoms with van der Waals surface area (Å²) in [5, 5.41) is 12.2. The van der Waals surface area contributed by atoms with E-state index in [0.717, 1.165) is 34.3 Å². The highest BCUT2D eigenvalue weighted by Gasteiger charge is 2.31. The molecule has 6 nitrogen and oxygen atoms in total. The van der Waals surface area contributed by atoms with Gasteiger partial charge < -0.3 is 15.2 Å². The van der Waals surface area contributed by atoms with Gasteiger partial charge in [-0.3, -0.25) is 14.6 Å². The number of nitrogens with one attached hydrogen (secondary N) is 1. The van der Waals surface area contributed by atoms with Crippen molar-refractivity contribution in [2.75, 3.05) is 6.61 Å². The molecule has 2 atom stereocenters. The van der Waals surface area contributed by atoms with E-state index in [1.165, 1.54) is 0 Å². The number of alkyl halides is 1. The van der Waals surface area contributed by atoms with Gasteiger partial charge in [0.15, 0.2) is 0 Å². The monoisotopic (exact) mass is 498 g/mol. The molecule has 1 saturated heterocycles. The molecule has 1 aromatic heterocycles. The first-order valence-electron chi connectivity index (χ1n) is 8.42. The predicted octanol–water partition coefficient (Wildman–Crippen LogP) is 3.20. The Hall–Kier alpha value is -1.65. The number of rotatable bonds is 7. The van der Waals surface area contributed by atoms with Gasteiger partial charge in [0.25, 0.3) is 5.24 Å². The number of pyridine rings is 1. The molecule has 2 aromatic rings. The Bertz CT molecular complexity index is 819. The lowest BCUT2D eigenvalue weighted by Crippen LogP contribution is -2.30. The lowest BCUT2D eigenvalue weighted by molar-refractivity contribution is -0.112. The molecule has 2 N–H and O–H groups in total. The van der Waals surface area contributed by atoms with Crippen molar-refractivity contribution in [1.29, 1.82) is 0 Å². The fourth-order valence-corrected chi connectivity index (χ4v) is 3.59. The number of thioether (sulfide) groups is 1. The third kappa shape index (κ3) is 5.66. The molecule has 0 aliphatic carbocycles. The Morgan fingerprint density at radius 1 is 1.26 bits per heavy atom. The van der Waals surface area contributed by atoms with Gasteiger partial charge in [0.1, 0.15) is 15.4 Å². The number of hydrogen-bond acceptors (Lipinski definition) is 6. The third-order valence-corrected chi connectivity index (χ3v) is 5.52. The smallest absolute Gasteiger partial charge is 0.287 e. The molecule has 142 valence electrons. The van der Waals surface area contributed by atoms with Gasteiger partial charge in [-0.25, -0.2) is 0 Å². The first kappa shape index (κ1) is 20.1. The topological polar surface area (TPSA) is 88.5 Å². The highest BCUT2D eigenvalue weighted by molar-refractivity contribution is 14.1. The number of aromatic nitrogens is 1. The van der Waals surface area contributed by atoms with E-state index in [2.05, 4.69) is 10.3 Å². The lowest BCUT2D eigenvalue weighted by atomic mass is 10.1. The Morgan fingerprint density at radius 3 is 2.56 bits per heavy atom. The van der Waals surface area contributed by atoms with Crippen LogP contribution in [-0.4, -0.2) is 33.1 Å². The largest absolute Gasteiger partial charge is 0.493 e. The van der Waals surface area contributed by atoms with Crippen molar-refractivity contribution in [3.05, 3.63) is 59.4 Å². The molecule has 2 unspecified atom stereocenters. The van der Waals surface area contributed by atoms with Crippen molar-refractivity contribution in [3.8, 4) is 5.75 Å². The summed E-state index contributed by atoms with van der Waals surface area (Å²) < 4.78 is 4.81. The molecule has 0 bridgehead atoms. The first-order chi connectivity index (χ1) is 12.8. The molecule has 3 rings (SSSR count). The number of hydrogen-bond donors (Lipinski definition) is 2. The number of benzene rings is 1. The van der Waals surface area contributed by atoms with Gasteiger partial charge in [-0.2, -0.15) is 0 Å². The summed E-state index contributed by atoms with van der Waals surface area (Å²) in [6.45, 7) is 2.20. The van der Waals surface area contributed by atoms with E-state index in [1.807, 2.05) is 59.0 Å². The number of carbonyl (C=O) groups excluding carboxylic acids is 2. The number of aliphatic hydroxyl groups is 1. The number of halogens is 1. The average molecular weight is 498 g/mol. The molecule has 0 radical (unpaired) electrons. The summed E-state index contributed by atoms with van der Waals surface area (Å²) in [7, 11) is 0. The van der Waals surface area contributed by atoms with Crippen molar-refractivity contribution < 1.29 is 19.4 Å². The van der Waals surface area contributed by atoms with E-state index in [1.54, 1.807) is 13.1 Å². The normalized spacial score (nSPS) is 18.9. The average Bonchev–Trinajstić information content (AvgIpc) is 2.93. The molecule has 1 aliphatic rings. The summed E-state index contributed by atoms with van der Waals surface area (Å²) in [5.41, 5.74) is 2.62. The van der Waals surface area contributed by atoms with Crippen LogP contribution in [0.4, 0.5) is 4.79 Å². The zero-order valence-electron chi connectivity index (χ0n) is 14.6. The molecule has 1 aromatic carbocycles. The number of nitrogens with zero attached hydrogens (tertiary/aromatic N) is 1. The van der Waals surface area contributed by atoms with Crippen LogP contribution < -0.4 is 10.1 Å². The molecule has 27 heavy (non-hydrogen) atoms. The quantitative estimate of drug-likeness (QED) is 0.451. The molecule has 1 aliphatic heterocycles. The van der Waals surface area contributed by atoms with E-state index in [-0.39, 0.29) is 10.4 Å². The summed E-state index contributed by atoms with van der Waals surface area (Å²) in [6.07, 6.45) is 2.82. The highest BCUT2D eigenvalue weighted by atomic mass is 127. The first-order valence-corrected chi connectivity index (χ1v) is 10.3. The van der Waals surface area contributed by atoms with Crippen LogP contribution in [0.15, 0.2) is 42.6 Å². The van der Waals surface area contributed by atoms with E-state index >= 15 is 0 Å². The lowest BCUT2D eigenvalue weighted by Gasteiger charge is -2.15. The minimum absolute atomic E-state index is 0.136. The summed E-state index contributed by atoms with van der Waals surface area (Å²) >= 11 is 2.69. The highest BCUT2D eigenvalue weighted by Crippen LogP contribution is 2.27. The maximum atomic E-state index is 11.6. The van der Waals surface area contributed by atoms with Crippen molar-refractivity contribution in [2.24, 2.45) is 0 Å². The van der Waals surface area contributed by atoms with Crippen LogP contribution in [0, 0.1) is 0 Å². The molecule has 2 heterocycles. The number of ether oxygens (including phenoxy) is 1. The van der Waals surface area contributed by atoms with Gasteiger partial charge in [-0.1, -0.05) is 18.2 Å². The standard InChI is InChI=1S/C19H19IN2O4S/c1-19(20,25)13-4-5-14(21-11-13)8-9-26-15-6-2-12(3-7-15)10-16-17(23)27-18(24)22-16/h2-7,11,16,25H,8-10H2,1H3,(H,22,24). The summed E-state index contributed by atoms with van der Waals surface area (Å²) in [6, 6.07) is 10.8. The second-order valence-corrected chi connectivity index (χ2v) is 9.42. The van der Waals surface area contributed by atoms with Gasteiger partial charge >= 0.3 is 0 Å². The molecule has 0 spiro atoms. The van der Waals surface area contributed by atoms with Crippen molar-refractivity contribution in [3.63, 3.8) is 0 Å².